The zero-order chi connectivity index (χ0) is 34.6. The Morgan fingerprint density at radius 2 is 0.848 bits per heavy atom. The van der Waals surface area contributed by atoms with E-state index < -0.39 is 95.1 Å². The fourth-order valence-corrected chi connectivity index (χ4v) is 4.60. The Morgan fingerprint density at radius 3 is 1.17 bits per heavy atom. The predicted molar refractivity (Wildman–Crippen MR) is 138 cm³/mol. The van der Waals surface area contributed by atoms with Crippen LogP contribution in [0.15, 0.2) is 30.3 Å². The molecule has 0 aromatic heterocycles. The van der Waals surface area contributed by atoms with E-state index >= 15 is 0 Å². The van der Waals surface area contributed by atoms with Gasteiger partial charge in [-0.2, -0.15) is 73.7 Å². The first kappa shape index (κ1) is 32.9. The second-order valence-electron chi connectivity index (χ2n) is 8.67. The molecule has 9 nitrogen and oxygen atoms in total. The molecule has 0 N–H and O–H groups in total. The van der Waals surface area contributed by atoms with Gasteiger partial charge in [-0.15, -0.1) is 0 Å². The van der Waals surface area contributed by atoms with Crippen molar-refractivity contribution in [2.45, 2.75) is 12.4 Å². The molecule has 0 saturated heterocycles. The van der Waals surface area contributed by atoms with E-state index in [1.807, 2.05) is 0 Å². The van der Waals surface area contributed by atoms with Gasteiger partial charge < -0.3 is 0 Å². The average molecular weight is 617 g/mol. The van der Waals surface area contributed by atoms with Crippen molar-refractivity contribution in [1.82, 2.24) is 0 Å². The van der Waals surface area contributed by atoms with Crippen molar-refractivity contribution in [3.05, 3.63) is 102 Å². The van der Waals surface area contributed by atoms with Crippen LogP contribution in [0.2, 0.25) is 0 Å². The third-order valence-corrected chi connectivity index (χ3v) is 6.40. The number of hydrogen-bond acceptors (Lipinski definition) is 9. The molecule has 0 spiro atoms. The molecule has 3 rings (SSSR count). The zero-order valence-electron chi connectivity index (χ0n) is 22.2. The predicted octanol–water partition coefficient (Wildman–Crippen LogP) is 4.27. The summed E-state index contributed by atoms with van der Waals surface area (Å²) < 4.78 is 83.4. The molecule has 0 amide bonds. The van der Waals surface area contributed by atoms with Crippen molar-refractivity contribution in [1.29, 1.82) is 47.4 Å². The standard InChI is InChI=1S/C31H5F6N9/c32-30(33,34)28-15(6-38)1-3-18(25(28)13-45)21(9-41)20-5-17(8-40)27(24(12-44)22(20)10-42)23(11-43)19-4-2-16(7-39)29(26(19)14-46)31(35,36)37/h1-5H/b21-20-,27-23+. The monoisotopic (exact) mass is 617 g/mol. The largest absolute Gasteiger partial charge is 0.418 e. The van der Waals surface area contributed by atoms with Crippen molar-refractivity contribution in [2.24, 2.45) is 0 Å². The molecule has 0 unspecified atom stereocenters. The van der Waals surface area contributed by atoms with Crippen LogP contribution in [-0.4, -0.2) is 0 Å². The highest BCUT2D eigenvalue weighted by Gasteiger charge is 2.39. The lowest BCUT2D eigenvalue weighted by Crippen LogP contribution is -2.27. The van der Waals surface area contributed by atoms with E-state index in [-0.39, 0.29) is 0 Å². The maximum atomic E-state index is 13.9. The molecule has 0 fully saturated rings. The third kappa shape index (κ3) is 5.34. The summed E-state index contributed by atoms with van der Waals surface area (Å²) in [6.45, 7) is 0. The SMILES string of the molecule is N#C/C(c1ccc(C#N)c(C(F)(F)F)c1C#N)=c1/c(C#N)c/c(=C(\C#N)c2ccc(C#N)c(C(F)(F)F)c2C#N)c(C#N)c1C#N. The van der Waals surface area contributed by atoms with Crippen molar-refractivity contribution >= 4 is 11.1 Å². The van der Waals surface area contributed by atoms with Gasteiger partial charge in [-0.3, -0.25) is 0 Å². The number of halogens is 6. The minimum Gasteiger partial charge on any atom is -0.192 e. The molecular weight excluding hydrogens is 612 g/mol. The summed E-state index contributed by atoms with van der Waals surface area (Å²) >= 11 is 0. The van der Waals surface area contributed by atoms with Crippen LogP contribution in [0.5, 0.6) is 0 Å². The van der Waals surface area contributed by atoms with Gasteiger partial charge in [0.2, 0.25) is 0 Å². The van der Waals surface area contributed by atoms with Crippen molar-refractivity contribution in [3.8, 4) is 54.6 Å². The van der Waals surface area contributed by atoms with Crippen molar-refractivity contribution in [2.75, 3.05) is 0 Å². The van der Waals surface area contributed by atoms with E-state index in [0.29, 0.717) is 18.2 Å². The summed E-state index contributed by atoms with van der Waals surface area (Å²) in [5.41, 5.74) is -13.5. The molecule has 15 heteroatoms. The van der Waals surface area contributed by atoms with Crippen LogP contribution < -0.4 is 10.4 Å². The quantitative estimate of drug-likeness (QED) is 0.375. The molecule has 0 heterocycles. The van der Waals surface area contributed by atoms with E-state index in [1.165, 1.54) is 48.6 Å². The van der Waals surface area contributed by atoms with Crippen LogP contribution >= 0.6 is 0 Å². The first-order valence-corrected chi connectivity index (χ1v) is 11.8. The summed E-state index contributed by atoms with van der Waals surface area (Å²) in [4.78, 5) is 0. The van der Waals surface area contributed by atoms with Crippen LogP contribution in [0.25, 0.3) is 11.1 Å². The lowest BCUT2D eigenvalue weighted by atomic mass is 9.87. The van der Waals surface area contributed by atoms with Gasteiger partial charge in [-0.25, -0.2) is 0 Å². The Morgan fingerprint density at radius 1 is 0.457 bits per heavy atom. The highest BCUT2D eigenvalue weighted by molar-refractivity contribution is 5.86. The van der Waals surface area contributed by atoms with Crippen molar-refractivity contribution < 1.29 is 26.3 Å². The maximum absolute atomic E-state index is 13.9. The summed E-state index contributed by atoms with van der Waals surface area (Å²) in [7, 11) is 0. The molecular formula is C31H5F6N9. The second kappa shape index (κ2) is 12.3. The molecule has 0 atom stereocenters. The van der Waals surface area contributed by atoms with E-state index in [4.69, 9.17) is 0 Å². The van der Waals surface area contributed by atoms with Gasteiger partial charge in [0, 0.05) is 21.6 Å². The zero-order valence-corrected chi connectivity index (χ0v) is 22.2. The van der Waals surface area contributed by atoms with Crippen LogP contribution in [0.4, 0.5) is 26.3 Å². The lowest BCUT2D eigenvalue weighted by Gasteiger charge is -2.15. The Labute approximate surface area is 253 Å². The van der Waals surface area contributed by atoms with Gasteiger partial charge in [0.25, 0.3) is 0 Å². The minimum absolute atomic E-state index is 0.641. The van der Waals surface area contributed by atoms with Gasteiger partial charge in [0.1, 0.15) is 36.4 Å². The Hall–Kier alpha value is -7.61. The van der Waals surface area contributed by atoms with Crippen LogP contribution in [-0.2, 0) is 12.4 Å². The maximum Gasteiger partial charge on any atom is 0.418 e. The average Bonchev–Trinajstić information content (AvgIpc) is 3.03. The highest BCUT2D eigenvalue weighted by atomic mass is 19.4. The smallest absolute Gasteiger partial charge is 0.192 e. The highest BCUT2D eigenvalue weighted by Crippen LogP contribution is 2.38. The molecule has 216 valence electrons. The van der Waals surface area contributed by atoms with Gasteiger partial charge in [0.05, 0.1) is 79.4 Å². The third-order valence-electron chi connectivity index (χ3n) is 6.40. The first-order valence-electron chi connectivity index (χ1n) is 11.8. The van der Waals surface area contributed by atoms with Crippen LogP contribution in [0.3, 0.4) is 0 Å². The number of nitrogens with zero attached hydrogens (tertiary/aromatic N) is 9. The van der Waals surface area contributed by atoms with E-state index in [0.717, 1.165) is 12.1 Å². The summed E-state index contributed by atoms with van der Waals surface area (Å²) in [6.07, 6.45) is -10.5. The minimum atomic E-state index is -5.28. The molecule has 0 radical (unpaired) electrons. The van der Waals surface area contributed by atoms with E-state index in [1.54, 1.807) is 6.07 Å². The topological polar surface area (TPSA) is 214 Å². The molecule has 46 heavy (non-hydrogen) atoms. The second-order valence-corrected chi connectivity index (χ2v) is 8.67. The van der Waals surface area contributed by atoms with Crippen LogP contribution in [0.1, 0.15) is 61.2 Å². The molecule has 0 aliphatic heterocycles. The Bertz CT molecular complexity index is 2390. The van der Waals surface area contributed by atoms with Gasteiger partial charge >= 0.3 is 12.4 Å². The number of alkyl halides is 6. The van der Waals surface area contributed by atoms with Crippen LogP contribution in [0, 0.1) is 102 Å². The lowest BCUT2D eigenvalue weighted by molar-refractivity contribution is -0.138. The normalized spacial score (nSPS) is 11.8. The van der Waals surface area contributed by atoms with E-state index in [9.17, 15) is 73.7 Å². The molecule has 3 aromatic rings. The molecule has 0 bridgehead atoms. The number of benzene rings is 3. The molecule has 3 aromatic carbocycles. The van der Waals surface area contributed by atoms with E-state index in [2.05, 4.69) is 0 Å². The Balaban J connectivity index is 2.78. The fraction of sp³-hybridized carbons (Fsp3) is 0.0645. The summed E-state index contributed by atoms with van der Waals surface area (Å²) in [6, 6.07) is 16.4. The van der Waals surface area contributed by atoms with Crippen molar-refractivity contribution in [3.63, 3.8) is 0 Å². The van der Waals surface area contributed by atoms with Gasteiger partial charge in [-0.1, -0.05) is 12.1 Å². The molecule has 0 aliphatic carbocycles. The van der Waals surface area contributed by atoms with Gasteiger partial charge in [-0.05, 0) is 18.2 Å². The number of hydrogen-bond donors (Lipinski definition) is 0. The summed E-state index contributed by atoms with van der Waals surface area (Å²) in [5, 5.41) is 86.3. The number of nitriles is 9. The number of rotatable bonds is 2. The molecule has 0 aliphatic rings. The molecule has 0 saturated carbocycles. The Kier molecular flexibility index (Phi) is 8.81. The van der Waals surface area contributed by atoms with Gasteiger partial charge in [0.15, 0.2) is 0 Å². The fourth-order valence-electron chi connectivity index (χ4n) is 4.60. The first-order chi connectivity index (χ1) is 21.7. The summed E-state index contributed by atoms with van der Waals surface area (Å²) in [5.74, 6) is 0.